The third-order valence-corrected chi connectivity index (χ3v) is 4.31. The summed E-state index contributed by atoms with van der Waals surface area (Å²) in [6, 6.07) is 2.34. The van der Waals surface area contributed by atoms with Gasteiger partial charge in [0.2, 0.25) is 5.82 Å². The van der Waals surface area contributed by atoms with E-state index in [9.17, 15) is 13.9 Å². The van der Waals surface area contributed by atoms with Crippen LogP contribution < -0.4 is 5.32 Å². The van der Waals surface area contributed by atoms with Crippen molar-refractivity contribution in [3.05, 3.63) is 34.1 Å². The van der Waals surface area contributed by atoms with Crippen LogP contribution in [0.2, 0.25) is 0 Å². The normalized spacial score (nSPS) is 17.9. The SMILES string of the molecule is OC1(c2nc(-c3ccc(F)c(F)c3Br)no2)CCNCC1. The molecule has 1 saturated heterocycles. The lowest BCUT2D eigenvalue weighted by atomic mass is 9.92. The fraction of sp³-hybridized carbons (Fsp3) is 0.385. The van der Waals surface area contributed by atoms with Gasteiger partial charge in [-0.2, -0.15) is 4.98 Å². The summed E-state index contributed by atoms with van der Waals surface area (Å²) in [6.07, 6.45) is 0.904. The summed E-state index contributed by atoms with van der Waals surface area (Å²) >= 11 is 2.98. The Balaban J connectivity index is 1.97. The maximum absolute atomic E-state index is 13.5. The lowest BCUT2D eigenvalue weighted by Gasteiger charge is -2.28. The first-order valence-electron chi connectivity index (χ1n) is 6.42. The molecule has 2 N–H and O–H groups in total. The van der Waals surface area contributed by atoms with Gasteiger partial charge < -0.3 is 14.9 Å². The molecule has 2 aromatic rings. The molecule has 0 spiro atoms. The molecule has 1 aliphatic heterocycles. The van der Waals surface area contributed by atoms with Crippen molar-refractivity contribution in [1.82, 2.24) is 15.5 Å². The molecule has 0 aliphatic carbocycles. The topological polar surface area (TPSA) is 71.2 Å². The molecule has 0 amide bonds. The number of aromatic nitrogens is 2. The van der Waals surface area contributed by atoms with Crippen molar-refractivity contribution in [1.29, 1.82) is 0 Å². The van der Waals surface area contributed by atoms with E-state index >= 15 is 0 Å². The van der Waals surface area contributed by atoms with E-state index in [4.69, 9.17) is 4.52 Å². The highest BCUT2D eigenvalue weighted by atomic mass is 79.9. The van der Waals surface area contributed by atoms with Gasteiger partial charge in [-0.1, -0.05) is 5.16 Å². The first-order chi connectivity index (χ1) is 10.0. The van der Waals surface area contributed by atoms with Crippen molar-refractivity contribution in [3.63, 3.8) is 0 Å². The molecule has 1 aliphatic rings. The molecule has 2 heterocycles. The number of aliphatic hydroxyl groups is 1. The maximum atomic E-state index is 13.5. The Hall–Kier alpha value is -1.38. The first kappa shape index (κ1) is 14.6. The van der Waals surface area contributed by atoms with Crippen LogP contribution in [0.1, 0.15) is 18.7 Å². The Kier molecular flexibility index (Phi) is 3.76. The molecule has 1 fully saturated rings. The smallest absolute Gasteiger partial charge is 0.259 e. The second kappa shape index (κ2) is 5.43. The van der Waals surface area contributed by atoms with E-state index in [-0.39, 0.29) is 21.8 Å². The fourth-order valence-corrected chi connectivity index (χ4v) is 2.77. The van der Waals surface area contributed by atoms with E-state index in [0.717, 1.165) is 6.07 Å². The molecule has 0 atom stereocenters. The van der Waals surface area contributed by atoms with Gasteiger partial charge in [0.15, 0.2) is 11.6 Å². The number of hydrogen-bond donors (Lipinski definition) is 2. The van der Waals surface area contributed by atoms with Crippen molar-refractivity contribution < 1.29 is 18.4 Å². The minimum atomic E-state index is -1.18. The zero-order valence-corrected chi connectivity index (χ0v) is 12.5. The molecule has 0 unspecified atom stereocenters. The third kappa shape index (κ3) is 2.58. The van der Waals surface area contributed by atoms with Crippen LogP contribution in [-0.2, 0) is 5.60 Å². The van der Waals surface area contributed by atoms with Crippen LogP contribution >= 0.6 is 15.9 Å². The largest absolute Gasteiger partial charge is 0.380 e. The molecule has 0 saturated carbocycles. The minimum Gasteiger partial charge on any atom is -0.380 e. The van der Waals surface area contributed by atoms with Crippen LogP contribution in [0, 0.1) is 11.6 Å². The van der Waals surface area contributed by atoms with Gasteiger partial charge in [-0.25, -0.2) is 8.78 Å². The van der Waals surface area contributed by atoms with Gasteiger partial charge in [-0.3, -0.25) is 0 Å². The summed E-state index contributed by atoms with van der Waals surface area (Å²) in [5.41, 5.74) is -0.914. The monoisotopic (exact) mass is 359 g/mol. The summed E-state index contributed by atoms with van der Waals surface area (Å²) < 4.78 is 31.7. The molecule has 21 heavy (non-hydrogen) atoms. The zero-order valence-electron chi connectivity index (χ0n) is 10.9. The van der Waals surface area contributed by atoms with Crippen molar-refractivity contribution in [2.75, 3.05) is 13.1 Å². The lowest BCUT2D eigenvalue weighted by molar-refractivity contribution is -0.0228. The van der Waals surface area contributed by atoms with Crippen LogP contribution in [0.15, 0.2) is 21.1 Å². The Morgan fingerprint density at radius 1 is 1.29 bits per heavy atom. The van der Waals surface area contributed by atoms with E-state index in [1.54, 1.807) is 0 Å². The summed E-state index contributed by atoms with van der Waals surface area (Å²) in [5.74, 6) is -1.79. The second-order valence-corrected chi connectivity index (χ2v) is 5.72. The van der Waals surface area contributed by atoms with Crippen LogP contribution in [0.25, 0.3) is 11.4 Å². The highest BCUT2D eigenvalue weighted by Crippen LogP contribution is 2.33. The highest BCUT2D eigenvalue weighted by Gasteiger charge is 2.37. The van der Waals surface area contributed by atoms with Gasteiger partial charge in [-0.15, -0.1) is 0 Å². The third-order valence-electron chi connectivity index (χ3n) is 3.53. The van der Waals surface area contributed by atoms with E-state index in [2.05, 4.69) is 31.4 Å². The van der Waals surface area contributed by atoms with Crippen molar-refractivity contribution in [3.8, 4) is 11.4 Å². The van der Waals surface area contributed by atoms with Crippen LogP contribution in [0.4, 0.5) is 8.78 Å². The molecule has 1 aromatic carbocycles. The van der Waals surface area contributed by atoms with Gasteiger partial charge in [0.25, 0.3) is 5.89 Å². The molecule has 8 heteroatoms. The van der Waals surface area contributed by atoms with Crippen molar-refractivity contribution >= 4 is 15.9 Å². The van der Waals surface area contributed by atoms with Crippen LogP contribution in [-0.4, -0.2) is 28.3 Å². The van der Waals surface area contributed by atoms with Crippen molar-refractivity contribution in [2.45, 2.75) is 18.4 Å². The number of halogens is 3. The van der Waals surface area contributed by atoms with Crippen molar-refractivity contribution in [2.24, 2.45) is 0 Å². The minimum absolute atomic E-state index is 0.0767. The summed E-state index contributed by atoms with van der Waals surface area (Å²) in [7, 11) is 0. The highest BCUT2D eigenvalue weighted by molar-refractivity contribution is 9.10. The molecule has 0 bridgehead atoms. The number of benzene rings is 1. The summed E-state index contributed by atoms with van der Waals surface area (Å²) in [6.45, 7) is 1.28. The first-order valence-corrected chi connectivity index (χ1v) is 7.22. The Morgan fingerprint density at radius 2 is 2.00 bits per heavy atom. The lowest BCUT2D eigenvalue weighted by Crippen LogP contribution is -2.39. The number of rotatable bonds is 2. The van der Waals surface area contributed by atoms with Crippen LogP contribution in [0.5, 0.6) is 0 Å². The average Bonchev–Trinajstić information content (AvgIpc) is 2.96. The number of hydrogen-bond acceptors (Lipinski definition) is 5. The molecule has 0 radical (unpaired) electrons. The zero-order chi connectivity index (χ0) is 15.0. The summed E-state index contributed by atoms with van der Waals surface area (Å²) in [5, 5.41) is 17.4. The quantitative estimate of drug-likeness (QED) is 0.805. The molecular weight excluding hydrogens is 348 g/mol. The number of nitrogens with one attached hydrogen (secondary N) is 1. The van der Waals surface area contributed by atoms with E-state index < -0.39 is 17.2 Å². The Labute approximate surface area is 127 Å². The molecule has 5 nitrogen and oxygen atoms in total. The van der Waals surface area contributed by atoms with Gasteiger partial charge >= 0.3 is 0 Å². The average molecular weight is 360 g/mol. The second-order valence-electron chi connectivity index (χ2n) is 4.93. The fourth-order valence-electron chi connectivity index (χ4n) is 2.27. The summed E-state index contributed by atoms with van der Waals surface area (Å²) in [4.78, 5) is 4.13. The Morgan fingerprint density at radius 3 is 2.71 bits per heavy atom. The number of piperidine rings is 1. The van der Waals surface area contributed by atoms with E-state index in [0.29, 0.717) is 25.9 Å². The van der Waals surface area contributed by atoms with Gasteiger partial charge in [0.1, 0.15) is 5.60 Å². The molecule has 3 rings (SSSR count). The van der Waals surface area contributed by atoms with Crippen LogP contribution in [0.3, 0.4) is 0 Å². The predicted octanol–water partition coefficient (Wildman–Crippen LogP) is 2.35. The van der Waals surface area contributed by atoms with E-state index in [1.165, 1.54) is 6.07 Å². The van der Waals surface area contributed by atoms with Gasteiger partial charge in [0, 0.05) is 5.56 Å². The number of nitrogens with zero attached hydrogens (tertiary/aromatic N) is 2. The Bertz CT molecular complexity index is 671. The molecule has 1 aromatic heterocycles. The van der Waals surface area contributed by atoms with E-state index in [1.807, 2.05) is 0 Å². The molecular formula is C13H12BrF2N3O2. The molecule has 112 valence electrons. The maximum Gasteiger partial charge on any atom is 0.259 e. The standard InChI is InChI=1S/C13H12BrF2N3O2/c14-9-7(1-2-8(15)10(9)16)11-18-12(21-19-11)13(20)3-5-17-6-4-13/h1-2,17,20H,3-6H2. The van der Waals surface area contributed by atoms with Gasteiger partial charge in [-0.05, 0) is 54.0 Å². The predicted molar refractivity (Wildman–Crippen MR) is 73.4 cm³/mol. The van der Waals surface area contributed by atoms with Gasteiger partial charge in [0.05, 0.1) is 4.47 Å².